The molecule has 0 bridgehead atoms. The molecule has 57 heavy (non-hydrogen) atoms. The Morgan fingerprint density at radius 1 is 0.474 bits per heavy atom. The van der Waals surface area contributed by atoms with E-state index in [2.05, 4.69) is 30.3 Å². The second kappa shape index (κ2) is 12.6. The number of thiophene rings is 1. The zero-order valence-corrected chi connectivity index (χ0v) is 30.3. The second-order valence-electron chi connectivity index (χ2n) is 13.5. The molecule has 0 amide bonds. The van der Waals surface area contributed by atoms with E-state index in [1.54, 1.807) is 11.3 Å². The lowest BCUT2D eigenvalue weighted by Crippen LogP contribution is -2.00. The van der Waals surface area contributed by atoms with Crippen LogP contribution in [0.4, 0.5) is 0 Å². The Labute approximate surface area is 347 Å². The van der Waals surface area contributed by atoms with Crippen LogP contribution in [0.25, 0.3) is 115 Å². The van der Waals surface area contributed by atoms with Crippen molar-refractivity contribution < 1.29 is 20.9 Å². The number of hydrogen-bond donors (Lipinski definition) is 0. The van der Waals surface area contributed by atoms with Crippen LogP contribution in [0.2, 0.25) is 0 Å². The van der Waals surface area contributed by atoms with Gasteiger partial charge in [-0.3, -0.25) is 0 Å². The van der Waals surface area contributed by atoms with Gasteiger partial charge in [0.2, 0.25) is 0 Å². The van der Waals surface area contributed by atoms with Gasteiger partial charge in [-0.15, -0.1) is 11.3 Å². The zero-order chi connectivity index (χ0) is 47.9. The van der Waals surface area contributed by atoms with Crippen molar-refractivity contribution in [1.82, 2.24) is 19.5 Å². The molecule has 0 saturated carbocycles. The lowest BCUT2D eigenvalue weighted by Gasteiger charge is -2.10. The summed E-state index contributed by atoms with van der Waals surface area (Å²) in [6.07, 6.45) is 0. The average molecular weight is 759 g/mol. The number of nitrogens with zero attached hydrogens (tertiary/aromatic N) is 4. The van der Waals surface area contributed by atoms with Gasteiger partial charge in [0, 0.05) is 70.1 Å². The first-order chi connectivity index (χ1) is 33.2. The molecule has 6 heteroatoms. The van der Waals surface area contributed by atoms with Crippen molar-refractivity contribution in [2.75, 3.05) is 0 Å². The van der Waals surface area contributed by atoms with Gasteiger partial charge >= 0.3 is 0 Å². The summed E-state index contributed by atoms with van der Waals surface area (Å²) in [5, 5.41) is 2.20. The highest BCUT2D eigenvalue weighted by molar-refractivity contribution is 7.25. The molecular formula is C51H30N4OS. The monoisotopic (exact) mass is 758 g/mol. The average Bonchev–Trinajstić information content (AvgIpc) is 4.04. The van der Waals surface area contributed by atoms with Crippen molar-refractivity contribution in [2.45, 2.75) is 0 Å². The summed E-state index contributed by atoms with van der Waals surface area (Å²) in [6.45, 7) is 0. The minimum atomic E-state index is -0.606. The van der Waals surface area contributed by atoms with Gasteiger partial charge in [-0.2, -0.15) is 0 Å². The number of benzene rings is 8. The van der Waals surface area contributed by atoms with Crippen LogP contribution in [0.5, 0.6) is 0 Å². The summed E-state index contributed by atoms with van der Waals surface area (Å²) in [4.78, 5) is 14.8. The standard InChI is InChI=1S/C51H30N4OS/c1-3-12-31(13-4-1)33-22-25-38-39-26-23-34(29-47(39)57-46(38)28-33)50-52-49(32-14-5-2-6-15-32)53-51(54-50)41-18-11-21-44-48(41)40-27-24-35(30-45(40)56-44)55-42-19-9-7-16-36(42)37-17-8-10-20-43(37)55/h1-30H/i7D,8D,9D,10D,11D,16D,17D,18D,19D,21D,24D,30D. The summed E-state index contributed by atoms with van der Waals surface area (Å²) >= 11 is 1.64. The highest BCUT2D eigenvalue weighted by Crippen LogP contribution is 2.41. The van der Waals surface area contributed by atoms with Gasteiger partial charge in [-0.05, 0) is 53.5 Å². The molecule has 12 rings (SSSR count). The molecular weight excluding hydrogens is 717 g/mol. The van der Waals surface area contributed by atoms with Crippen molar-refractivity contribution in [3.05, 3.63) is 182 Å². The maximum atomic E-state index is 9.66. The quantitative estimate of drug-likeness (QED) is 0.175. The molecule has 0 spiro atoms. The van der Waals surface area contributed by atoms with Gasteiger partial charge in [0.05, 0.1) is 27.5 Å². The van der Waals surface area contributed by atoms with Crippen molar-refractivity contribution in [2.24, 2.45) is 0 Å². The van der Waals surface area contributed by atoms with Crippen molar-refractivity contribution in [3.8, 4) is 51.0 Å². The minimum absolute atomic E-state index is 0.000151. The molecule has 0 N–H and O–H groups in total. The molecule has 0 saturated heterocycles. The van der Waals surface area contributed by atoms with E-state index in [-0.39, 0.29) is 84.6 Å². The molecule has 0 aliphatic heterocycles. The van der Waals surface area contributed by atoms with Gasteiger partial charge in [-0.1, -0.05) is 133 Å². The third kappa shape index (κ3) is 5.12. The molecule has 8 aromatic carbocycles. The molecule has 0 unspecified atom stereocenters. The van der Waals surface area contributed by atoms with E-state index >= 15 is 0 Å². The highest BCUT2D eigenvalue weighted by atomic mass is 32.1. The Balaban J connectivity index is 1.11. The van der Waals surface area contributed by atoms with Crippen LogP contribution in [-0.4, -0.2) is 19.5 Å². The zero-order valence-electron chi connectivity index (χ0n) is 41.5. The van der Waals surface area contributed by atoms with Crippen LogP contribution in [-0.2, 0) is 0 Å². The largest absolute Gasteiger partial charge is 0.456 e. The smallest absolute Gasteiger partial charge is 0.164 e. The van der Waals surface area contributed by atoms with E-state index in [0.29, 0.717) is 11.1 Å². The van der Waals surface area contributed by atoms with E-state index in [4.69, 9.17) is 31.7 Å². The van der Waals surface area contributed by atoms with Gasteiger partial charge in [0.25, 0.3) is 0 Å². The van der Waals surface area contributed by atoms with Crippen LogP contribution >= 0.6 is 11.3 Å². The van der Waals surface area contributed by atoms with Crippen LogP contribution in [0.1, 0.15) is 16.4 Å². The lowest BCUT2D eigenvalue weighted by molar-refractivity contribution is 0.668. The Bertz CT molecular complexity index is 4230. The SMILES string of the molecule is [2H]c1cc2c(c([2H])c1[2H])c1c([2H])c([2H])c([2H])c([2H])c1n2-c1c([2H])cc2c(oc3c([2H])c([2H])c([2H])c(-c4nc(-c5ccccc5)nc(-c5ccc6c(c5)sc5cc(-c7ccccc7)ccc56)n4)c32)c1[2H]. The molecule has 0 fully saturated rings. The summed E-state index contributed by atoms with van der Waals surface area (Å²) in [7, 11) is 0. The van der Waals surface area contributed by atoms with Crippen LogP contribution in [0.15, 0.2) is 186 Å². The van der Waals surface area contributed by atoms with E-state index in [1.807, 2.05) is 66.7 Å². The Morgan fingerprint density at radius 3 is 1.95 bits per heavy atom. The highest BCUT2D eigenvalue weighted by Gasteiger charge is 2.20. The Hall–Kier alpha value is -7.41. The Kier molecular flexibility index (Phi) is 4.90. The van der Waals surface area contributed by atoms with Gasteiger partial charge in [-0.25, -0.2) is 15.0 Å². The fourth-order valence-electron chi connectivity index (χ4n) is 7.57. The third-order valence-electron chi connectivity index (χ3n) is 10.2. The first kappa shape index (κ1) is 22.2. The summed E-state index contributed by atoms with van der Waals surface area (Å²) < 4.78 is 117. The van der Waals surface area contributed by atoms with Gasteiger partial charge in [0.15, 0.2) is 17.5 Å². The number of hydrogen-bond acceptors (Lipinski definition) is 5. The van der Waals surface area contributed by atoms with E-state index in [9.17, 15) is 4.11 Å². The summed E-state index contributed by atoms with van der Waals surface area (Å²) in [6, 6.07) is 28.7. The number of fused-ring (bicyclic) bond motifs is 9. The Morgan fingerprint density at radius 2 is 1.14 bits per heavy atom. The van der Waals surface area contributed by atoms with E-state index < -0.39 is 60.4 Å². The van der Waals surface area contributed by atoms with Crippen molar-refractivity contribution in [3.63, 3.8) is 0 Å². The molecule has 4 aromatic heterocycles. The molecule has 12 aromatic rings. The van der Waals surface area contributed by atoms with Crippen LogP contribution in [0, 0.1) is 0 Å². The van der Waals surface area contributed by atoms with Crippen molar-refractivity contribution in [1.29, 1.82) is 0 Å². The van der Waals surface area contributed by atoms with Gasteiger partial charge in [0.1, 0.15) is 11.2 Å². The molecule has 0 radical (unpaired) electrons. The molecule has 0 aliphatic rings. The van der Waals surface area contributed by atoms with E-state index in [1.165, 1.54) is 16.7 Å². The van der Waals surface area contributed by atoms with Crippen molar-refractivity contribution >= 4 is 75.3 Å². The maximum absolute atomic E-state index is 9.66. The van der Waals surface area contributed by atoms with Gasteiger partial charge < -0.3 is 8.98 Å². The predicted octanol–water partition coefficient (Wildman–Crippen LogP) is 13.9. The molecule has 0 atom stereocenters. The fraction of sp³-hybridized carbons (Fsp3) is 0. The number of rotatable bonds is 5. The first-order valence-corrected chi connectivity index (χ1v) is 18.8. The lowest BCUT2D eigenvalue weighted by atomic mass is 10.0. The summed E-state index contributed by atoms with van der Waals surface area (Å²) in [5.74, 6) is 0.510. The molecule has 266 valence electrons. The topological polar surface area (TPSA) is 56.7 Å². The number of aromatic nitrogens is 4. The molecule has 0 aliphatic carbocycles. The van der Waals surface area contributed by atoms with Crippen LogP contribution < -0.4 is 0 Å². The minimum Gasteiger partial charge on any atom is -0.456 e. The third-order valence-corrected chi connectivity index (χ3v) is 11.3. The first-order valence-electron chi connectivity index (χ1n) is 24.0. The molecule has 5 nitrogen and oxygen atoms in total. The maximum Gasteiger partial charge on any atom is 0.164 e. The number of furan rings is 1. The fourth-order valence-corrected chi connectivity index (χ4v) is 8.75. The second-order valence-corrected chi connectivity index (χ2v) is 14.6. The predicted molar refractivity (Wildman–Crippen MR) is 236 cm³/mol. The normalized spacial score (nSPS) is 14.8. The van der Waals surface area contributed by atoms with Crippen LogP contribution in [0.3, 0.4) is 0 Å². The van der Waals surface area contributed by atoms with E-state index in [0.717, 1.165) is 31.3 Å². The molecule has 4 heterocycles. The number of para-hydroxylation sites is 2. The summed E-state index contributed by atoms with van der Waals surface area (Å²) in [5.41, 5.74) is 2.75.